The number of ether oxygens (including phenoxy) is 2. The van der Waals surface area contributed by atoms with Crippen molar-refractivity contribution in [1.82, 2.24) is 4.90 Å². The van der Waals surface area contributed by atoms with Gasteiger partial charge in [0.05, 0.1) is 12.0 Å². The largest absolute Gasteiger partial charge is 0.489 e. The van der Waals surface area contributed by atoms with E-state index in [-0.39, 0.29) is 18.0 Å². The van der Waals surface area contributed by atoms with Gasteiger partial charge in [0.1, 0.15) is 12.4 Å². The van der Waals surface area contributed by atoms with Crippen LogP contribution in [0.25, 0.3) is 0 Å². The average molecular weight is 372 g/mol. The van der Waals surface area contributed by atoms with Gasteiger partial charge in [-0.3, -0.25) is 4.79 Å². The average Bonchev–Trinajstić information content (AvgIpc) is 2.67. The normalized spacial score (nSPS) is 17.5. The third-order valence-electron chi connectivity index (χ3n) is 4.65. The summed E-state index contributed by atoms with van der Waals surface area (Å²) in [6.45, 7) is 3.64. The monoisotopic (exact) mass is 371 g/mol. The second-order valence-corrected chi connectivity index (χ2v) is 7.48. The first kappa shape index (κ1) is 21.2. The molecule has 0 aromatic heterocycles. The molecule has 148 valence electrons. The summed E-state index contributed by atoms with van der Waals surface area (Å²) < 4.78 is 11.4. The Morgan fingerprint density at radius 3 is 2.63 bits per heavy atom. The molecule has 27 heavy (non-hydrogen) atoms. The minimum atomic E-state index is -0.203. The molecule has 0 aliphatic heterocycles. The fourth-order valence-corrected chi connectivity index (χ4v) is 3.00. The standard InChI is InChI=1S/C23H33NO3/c1-19(10-6-5-9-17-24(2)3)27-23(25)21-13-15-22(16-14-21)26-18-20-11-7-4-8-12-20/h4,7-8,11-13,15-16,19,21H,5-6,9-10,14,17-18H2,1-3H3/t19-,21?/m1/s1. The van der Waals surface area contributed by atoms with Crippen LogP contribution in [0, 0.1) is 5.92 Å². The van der Waals surface area contributed by atoms with Crippen LogP contribution >= 0.6 is 0 Å². The van der Waals surface area contributed by atoms with Crippen LogP contribution in [0.3, 0.4) is 0 Å². The van der Waals surface area contributed by atoms with E-state index in [2.05, 4.69) is 19.0 Å². The van der Waals surface area contributed by atoms with Gasteiger partial charge in [-0.15, -0.1) is 0 Å². The number of esters is 1. The molecule has 0 saturated carbocycles. The van der Waals surface area contributed by atoms with Crippen LogP contribution in [0.15, 0.2) is 54.3 Å². The molecule has 0 heterocycles. The Balaban J connectivity index is 1.63. The summed E-state index contributed by atoms with van der Waals surface area (Å²) in [4.78, 5) is 14.5. The fraction of sp³-hybridized carbons (Fsp3) is 0.522. The molecule has 4 nitrogen and oxygen atoms in total. The van der Waals surface area contributed by atoms with Gasteiger partial charge in [0.15, 0.2) is 0 Å². The van der Waals surface area contributed by atoms with Crippen molar-refractivity contribution in [2.75, 3.05) is 20.6 Å². The minimum absolute atomic E-state index is 0.0232. The summed E-state index contributed by atoms with van der Waals surface area (Å²) in [5.74, 6) is 0.479. The van der Waals surface area contributed by atoms with Crippen LogP contribution in [0.4, 0.5) is 0 Å². The van der Waals surface area contributed by atoms with Gasteiger partial charge in [-0.1, -0.05) is 42.8 Å². The second-order valence-electron chi connectivity index (χ2n) is 7.48. The number of carbonyl (C=O) groups is 1. The number of hydrogen-bond donors (Lipinski definition) is 0. The van der Waals surface area contributed by atoms with E-state index in [1.807, 2.05) is 55.5 Å². The Hall–Kier alpha value is -2.07. The number of unbranched alkanes of at least 4 members (excludes halogenated alkanes) is 2. The number of rotatable bonds is 11. The zero-order valence-electron chi connectivity index (χ0n) is 16.9. The van der Waals surface area contributed by atoms with E-state index in [1.165, 1.54) is 12.8 Å². The van der Waals surface area contributed by atoms with Crippen molar-refractivity contribution >= 4 is 5.97 Å². The van der Waals surface area contributed by atoms with Gasteiger partial charge in [-0.05, 0) is 71.0 Å². The summed E-state index contributed by atoms with van der Waals surface area (Å²) in [6, 6.07) is 10.1. The maximum absolute atomic E-state index is 12.3. The SMILES string of the molecule is C[C@H](CCCCCN(C)C)OC(=O)C1C=CC(OCc2ccccc2)=CC1. The van der Waals surface area contributed by atoms with Gasteiger partial charge in [0.2, 0.25) is 0 Å². The Bertz CT molecular complexity index is 622. The maximum Gasteiger partial charge on any atom is 0.313 e. The predicted molar refractivity (Wildman–Crippen MR) is 109 cm³/mol. The van der Waals surface area contributed by atoms with Crippen molar-refractivity contribution in [1.29, 1.82) is 0 Å². The van der Waals surface area contributed by atoms with Crippen molar-refractivity contribution < 1.29 is 14.3 Å². The molecule has 1 aromatic carbocycles. The highest BCUT2D eigenvalue weighted by molar-refractivity contribution is 5.75. The second kappa shape index (κ2) is 11.6. The Morgan fingerprint density at radius 2 is 1.96 bits per heavy atom. The number of allylic oxidation sites excluding steroid dienone is 2. The van der Waals surface area contributed by atoms with Gasteiger partial charge >= 0.3 is 5.97 Å². The fourth-order valence-electron chi connectivity index (χ4n) is 3.00. The number of nitrogens with zero attached hydrogens (tertiary/aromatic N) is 1. The lowest BCUT2D eigenvalue weighted by Crippen LogP contribution is -2.22. The molecule has 1 aliphatic rings. The molecule has 0 spiro atoms. The molecule has 1 aliphatic carbocycles. The zero-order valence-corrected chi connectivity index (χ0v) is 16.9. The Labute approximate surface area is 163 Å². The lowest BCUT2D eigenvalue weighted by molar-refractivity contribution is -0.151. The molecule has 0 bridgehead atoms. The highest BCUT2D eigenvalue weighted by Gasteiger charge is 2.21. The van der Waals surface area contributed by atoms with Crippen molar-refractivity contribution in [3.05, 3.63) is 59.9 Å². The molecule has 4 heteroatoms. The molecule has 1 unspecified atom stereocenters. The summed E-state index contributed by atoms with van der Waals surface area (Å²) in [7, 11) is 4.18. The lowest BCUT2D eigenvalue weighted by atomic mass is 10.00. The minimum Gasteiger partial charge on any atom is -0.489 e. The van der Waals surface area contributed by atoms with Gasteiger partial charge in [-0.25, -0.2) is 0 Å². The molecule has 0 radical (unpaired) electrons. The molecule has 2 rings (SSSR count). The lowest BCUT2D eigenvalue weighted by Gasteiger charge is -2.19. The third-order valence-corrected chi connectivity index (χ3v) is 4.65. The van der Waals surface area contributed by atoms with Gasteiger partial charge < -0.3 is 14.4 Å². The first-order valence-corrected chi connectivity index (χ1v) is 9.95. The Morgan fingerprint density at radius 1 is 1.19 bits per heavy atom. The third kappa shape index (κ3) is 8.44. The molecular weight excluding hydrogens is 338 g/mol. The van der Waals surface area contributed by atoms with Crippen molar-refractivity contribution in [2.24, 2.45) is 5.92 Å². The summed E-state index contributed by atoms with van der Waals surface area (Å²) in [6.07, 6.45) is 10.7. The van der Waals surface area contributed by atoms with E-state index in [1.54, 1.807) is 0 Å². The molecular formula is C23H33NO3. The number of carbonyl (C=O) groups excluding carboxylic acids is 1. The van der Waals surface area contributed by atoms with Crippen molar-refractivity contribution in [3.8, 4) is 0 Å². The highest BCUT2D eigenvalue weighted by Crippen LogP contribution is 2.21. The smallest absolute Gasteiger partial charge is 0.313 e. The number of benzene rings is 1. The predicted octanol–water partition coefficient (Wildman–Crippen LogP) is 4.72. The van der Waals surface area contributed by atoms with Crippen LogP contribution < -0.4 is 0 Å². The molecule has 1 aromatic rings. The van der Waals surface area contributed by atoms with Gasteiger partial charge in [0, 0.05) is 0 Å². The van der Waals surface area contributed by atoms with Crippen LogP contribution in [-0.4, -0.2) is 37.6 Å². The number of hydrogen-bond acceptors (Lipinski definition) is 4. The zero-order chi connectivity index (χ0) is 19.5. The highest BCUT2D eigenvalue weighted by atomic mass is 16.5. The van der Waals surface area contributed by atoms with E-state index in [0.29, 0.717) is 13.0 Å². The van der Waals surface area contributed by atoms with Crippen LogP contribution in [-0.2, 0) is 20.9 Å². The molecule has 0 fully saturated rings. The summed E-state index contributed by atoms with van der Waals surface area (Å²) >= 11 is 0. The topological polar surface area (TPSA) is 38.8 Å². The molecule has 0 amide bonds. The van der Waals surface area contributed by atoms with Crippen LogP contribution in [0.2, 0.25) is 0 Å². The van der Waals surface area contributed by atoms with E-state index in [9.17, 15) is 4.79 Å². The van der Waals surface area contributed by atoms with E-state index < -0.39 is 0 Å². The molecule has 2 atom stereocenters. The first-order chi connectivity index (χ1) is 13.0. The molecule has 0 saturated heterocycles. The molecule has 0 N–H and O–H groups in total. The maximum atomic E-state index is 12.3. The van der Waals surface area contributed by atoms with Gasteiger partial charge in [0.25, 0.3) is 0 Å². The van der Waals surface area contributed by atoms with Crippen LogP contribution in [0.5, 0.6) is 0 Å². The first-order valence-electron chi connectivity index (χ1n) is 9.95. The summed E-state index contributed by atoms with van der Waals surface area (Å²) in [5.41, 5.74) is 1.13. The van der Waals surface area contributed by atoms with Crippen LogP contribution in [0.1, 0.15) is 44.6 Å². The Kier molecular flexibility index (Phi) is 9.12. The summed E-state index contributed by atoms with van der Waals surface area (Å²) in [5, 5.41) is 0. The van der Waals surface area contributed by atoms with E-state index in [4.69, 9.17) is 9.47 Å². The van der Waals surface area contributed by atoms with Gasteiger partial charge in [-0.2, -0.15) is 0 Å². The van der Waals surface area contributed by atoms with Crippen molar-refractivity contribution in [3.63, 3.8) is 0 Å². The van der Waals surface area contributed by atoms with E-state index >= 15 is 0 Å². The quantitative estimate of drug-likeness (QED) is 0.417. The van der Waals surface area contributed by atoms with E-state index in [0.717, 1.165) is 30.7 Å². The van der Waals surface area contributed by atoms with Crippen molar-refractivity contribution in [2.45, 2.75) is 51.7 Å².